The van der Waals surface area contributed by atoms with E-state index in [0.29, 0.717) is 5.56 Å². The number of amides is 3. The Hall–Kier alpha value is -2.63. The van der Waals surface area contributed by atoms with Gasteiger partial charge in [0.05, 0.1) is 24.4 Å². The van der Waals surface area contributed by atoms with Gasteiger partial charge in [0.15, 0.2) is 0 Å². The summed E-state index contributed by atoms with van der Waals surface area (Å²) in [6, 6.07) is 7.72. The number of hydrogen-bond donors (Lipinski definition) is 1. The van der Waals surface area contributed by atoms with Gasteiger partial charge in [-0.15, -0.1) is 0 Å². The first-order valence-electron chi connectivity index (χ1n) is 6.46. The molecule has 0 fully saturated rings. The summed E-state index contributed by atoms with van der Waals surface area (Å²) in [5.41, 5.74) is 1.12. The van der Waals surface area contributed by atoms with Gasteiger partial charge in [0, 0.05) is 6.92 Å². The maximum absolute atomic E-state index is 12.1. The molecule has 6 heteroatoms. The molecule has 1 N–H and O–H groups in total. The minimum atomic E-state index is -0.576. The molecule has 1 unspecified atom stereocenters. The minimum absolute atomic E-state index is 0.249. The van der Waals surface area contributed by atoms with Crippen LogP contribution in [0.25, 0.3) is 5.70 Å². The van der Waals surface area contributed by atoms with Crippen molar-refractivity contribution in [2.24, 2.45) is 0 Å². The molecule has 1 atom stereocenters. The van der Waals surface area contributed by atoms with Crippen LogP contribution in [0.4, 0.5) is 4.79 Å². The number of nitrogens with one attached hydrogen (secondary N) is 1. The molecule has 1 aromatic carbocycles. The fraction of sp³-hybridized carbons (Fsp3) is 0.267. The van der Waals surface area contributed by atoms with Crippen LogP contribution in [0, 0.1) is 0 Å². The van der Waals surface area contributed by atoms with E-state index in [2.05, 4.69) is 5.32 Å². The van der Waals surface area contributed by atoms with Crippen molar-refractivity contribution in [3.05, 3.63) is 41.5 Å². The molecule has 0 bridgehead atoms. The van der Waals surface area contributed by atoms with Crippen LogP contribution >= 0.6 is 0 Å². The van der Waals surface area contributed by atoms with E-state index in [0.717, 1.165) is 4.90 Å². The van der Waals surface area contributed by atoms with E-state index >= 15 is 0 Å². The Bertz CT molecular complexity index is 622. The second kappa shape index (κ2) is 5.78. The van der Waals surface area contributed by atoms with E-state index in [1.54, 1.807) is 31.2 Å². The van der Waals surface area contributed by atoms with E-state index in [4.69, 9.17) is 4.74 Å². The first kappa shape index (κ1) is 14.8. The standard InChI is InChI=1S/C15H16N2O4/c1-9-12(14(19)21-3)13(11-7-5-4-6-8-11)17(10(2)18)15(20)16-9/h4-9H,1-3H3,(H,16,20). The maximum Gasteiger partial charge on any atom is 0.338 e. The predicted octanol–water partition coefficient (Wildman–Crippen LogP) is 1.53. The number of esters is 1. The second-order valence-corrected chi connectivity index (χ2v) is 4.65. The number of imide groups is 1. The van der Waals surface area contributed by atoms with Gasteiger partial charge in [-0.05, 0) is 12.5 Å². The zero-order valence-electron chi connectivity index (χ0n) is 12.0. The van der Waals surface area contributed by atoms with Crippen LogP contribution in [-0.2, 0) is 14.3 Å². The second-order valence-electron chi connectivity index (χ2n) is 4.65. The molecule has 0 aliphatic carbocycles. The van der Waals surface area contributed by atoms with Crippen LogP contribution in [0.3, 0.4) is 0 Å². The lowest BCUT2D eigenvalue weighted by Crippen LogP contribution is -2.52. The molecule has 110 valence electrons. The van der Waals surface area contributed by atoms with Crippen LogP contribution in [0.5, 0.6) is 0 Å². The summed E-state index contributed by atoms with van der Waals surface area (Å²) in [6.07, 6.45) is 0. The number of hydrogen-bond acceptors (Lipinski definition) is 4. The van der Waals surface area contributed by atoms with Gasteiger partial charge in [-0.2, -0.15) is 0 Å². The molecular weight excluding hydrogens is 272 g/mol. The molecule has 6 nitrogen and oxygen atoms in total. The molecular formula is C15H16N2O4. The molecule has 1 heterocycles. The van der Waals surface area contributed by atoms with Crippen molar-refractivity contribution < 1.29 is 19.1 Å². The highest BCUT2D eigenvalue weighted by atomic mass is 16.5. The van der Waals surface area contributed by atoms with Gasteiger partial charge >= 0.3 is 12.0 Å². The van der Waals surface area contributed by atoms with Gasteiger partial charge < -0.3 is 10.1 Å². The Morgan fingerprint density at radius 3 is 2.38 bits per heavy atom. The smallest absolute Gasteiger partial charge is 0.338 e. The maximum atomic E-state index is 12.1. The molecule has 1 aliphatic rings. The summed E-state index contributed by atoms with van der Waals surface area (Å²) in [5, 5.41) is 2.58. The summed E-state index contributed by atoms with van der Waals surface area (Å²) in [6.45, 7) is 2.94. The average Bonchev–Trinajstić information content (AvgIpc) is 2.46. The summed E-state index contributed by atoms with van der Waals surface area (Å²) in [7, 11) is 1.26. The summed E-state index contributed by atoms with van der Waals surface area (Å²) < 4.78 is 4.79. The third-order valence-electron chi connectivity index (χ3n) is 3.22. The van der Waals surface area contributed by atoms with Crippen molar-refractivity contribution in [3.63, 3.8) is 0 Å². The lowest BCUT2D eigenvalue weighted by molar-refractivity contribution is -0.136. The van der Waals surface area contributed by atoms with Crippen LogP contribution in [-0.4, -0.2) is 36.0 Å². The van der Waals surface area contributed by atoms with Crippen molar-refractivity contribution in [2.45, 2.75) is 19.9 Å². The van der Waals surface area contributed by atoms with Crippen molar-refractivity contribution in [2.75, 3.05) is 7.11 Å². The highest BCUT2D eigenvalue weighted by Crippen LogP contribution is 2.29. The van der Waals surface area contributed by atoms with E-state index in [9.17, 15) is 14.4 Å². The SMILES string of the molecule is COC(=O)C1=C(c2ccccc2)N(C(C)=O)C(=O)NC1C. The fourth-order valence-corrected chi connectivity index (χ4v) is 2.31. The molecule has 1 aromatic rings. The predicted molar refractivity (Wildman–Crippen MR) is 75.9 cm³/mol. The largest absolute Gasteiger partial charge is 0.466 e. The molecule has 1 aliphatic heterocycles. The van der Waals surface area contributed by atoms with Gasteiger partial charge in [0.2, 0.25) is 5.91 Å². The van der Waals surface area contributed by atoms with Gasteiger partial charge in [0.1, 0.15) is 0 Å². The molecule has 0 saturated carbocycles. The summed E-state index contributed by atoms with van der Waals surface area (Å²) in [5.74, 6) is -1.05. The summed E-state index contributed by atoms with van der Waals surface area (Å²) >= 11 is 0. The van der Waals surface area contributed by atoms with Crippen LogP contribution in [0.1, 0.15) is 19.4 Å². The Morgan fingerprint density at radius 2 is 1.86 bits per heavy atom. The molecule has 21 heavy (non-hydrogen) atoms. The Labute approximate surface area is 122 Å². The number of methoxy groups -OCH3 is 1. The van der Waals surface area contributed by atoms with Crippen LogP contribution in [0.15, 0.2) is 35.9 Å². The Kier molecular flexibility index (Phi) is 4.07. The van der Waals surface area contributed by atoms with Gasteiger partial charge in [0.25, 0.3) is 0 Å². The quantitative estimate of drug-likeness (QED) is 0.837. The van der Waals surface area contributed by atoms with Crippen LogP contribution in [0.2, 0.25) is 0 Å². The topological polar surface area (TPSA) is 75.7 Å². The van der Waals surface area contributed by atoms with E-state index in [1.165, 1.54) is 14.0 Å². The summed E-state index contributed by atoms with van der Waals surface area (Å²) in [4.78, 5) is 37.0. The lowest BCUT2D eigenvalue weighted by Gasteiger charge is -2.33. The number of nitrogens with zero attached hydrogens (tertiary/aromatic N) is 1. The molecule has 3 amide bonds. The molecule has 2 rings (SSSR count). The third-order valence-corrected chi connectivity index (χ3v) is 3.22. The Balaban J connectivity index is 2.73. The van der Waals surface area contributed by atoms with E-state index in [1.807, 2.05) is 6.07 Å². The van der Waals surface area contributed by atoms with Crippen molar-refractivity contribution >= 4 is 23.6 Å². The first-order chi connectivity index (χ1) is 9.97. The lowest BCUT2D eigenvalue weighted by atomic mass is 9.97. The number of carbonyl (C=O) groups excluding carboxylic acids is 3. The molecule has 0 radical (unpaired) electrons. The Morgan fingerprint density at radius 1 is 1.24 bits per heavy atom. The van der Waals surface area contributed by atoms with Gasteiger partial charge in [-0.3, -0.25) is 4.79 Å². The number of urea groups is 1. The fourth-order valence-electron chi connectivity index (χ4n) is 2.31. The van der Waals surface area contributed by atoms with Crippen molar-refractivity contribution in [3.8, 4) is 0 Å². The molecule has 0 spiro atoms. The van der Waals surface area contributed by atoms with E-state index < -0.39 is 23.9 Å². The number of ether oxygens (including phenoxy) is 1. The monoisotopic (exact) mass is 288 g/mol. The zero-order chi connectivity index (χ0) is 15.6. The van der Waals surface area contributed by atoms with Gasteiger partial charge in [-0.1, -0.05) is 30.3 Å². The third kappa shape index (κ3) is 2.65. The number of rotatable bonds is 2. The highest BCUT2D eigenvalue weighted by Gasteiger charge is 2.37. The zero-order valence-corrected chi connectivity index (χ0v) is 12.0. The molecule has 0 aromatic heterocycles. The normalized spacial score (nSPS) is 18.3. The van der Waals surface area contributed by atoms with Crippen molar-refractivity contribution in [1.29, 1.82) is 0 Å². The van der Waals surface area contributed by atoms with Gasteiger partial charge in [-0.25, -0.2) is 14.5 Å². The highest BCUT2D eigenvalue weighted by molar-refractivity contribution is 6.11. The molecule has 0 saturated heterocycles. The first-order valence-corrected chi connectivity index (χ1v) is 6.46. The number of benzene rings is 1. The number of carbonyl (C=O) groups is 3. The van der Waals surface area contributed by atoms with E-state index in [-0.39, 0.29) is 11.3 Å². The van der Waals surface area contributed by atoms with Crippen molar-refractivity contribution in [1.82, 2.24) is 10.2 Å². The average molecular weight is 288 g/mol. The minimum Gasteiger partial charge on any atom is -0.466 e. The van der Waals surface area contributed by atoms with Crippen LogP contribution < -0.4 is 5.32 Å².